The molecule has 0 aliphatic carbocycles. The van der Waals surface area contributed by atoms with Gasteiger partial charge >= 0.3 is 12.0 Å². The number of nitrogens with two attached hydrogens (primary N) is 1. The molecule has 0 spiro atoms. The zero-order valence-corrected chi connectivity index (χ0v) is 12.9. The lowest BCUT2D eigenvalue weighted by molar-refractivity contribution is 0.218. The van der Waals surface area contributed by atoms with Gasteiger partial charge in [-0.1, -0.05) is 0 Å². The van der Waals surface area contributed by atoms with Crippen LogP contribution in [0, 0.1) is 5.82 Å². The Kier molecular flexibility index (Phi) is 4.86. The number of nitrogens with one attached hydrogen (secondary N) is 1. The summed E-state index contributed by atoms with van der Waals surface area (Å²) >= 11 is 3.25. The lowest BCUT2D eigenvalue weighted by atomic mass is 10.3. The first kappa shape index (κ1) is 15.4. The van der Waals surface area contributed by atoms with E-state index < -0.39 is 5.82 Å². The van der Waals surface area contributed by atoms with Crippen LogP contribution in [0.15, 0.2) is 22.7 Å². The van der Waals surface area contributed by atoms with Gasteiger partial charge < -0.3 is 9.47 Å². The molecule has 0 bridgehead atoms. The van der Waals surface area contributed by atoms with Gasteiger partial charge in [-0.15, -0.1) is 4.98 Å². The van der Waals surface area contributed by atoms with Crippen LogP contribution in [-0.4, -0.2) is 21.1 Å². The van der Waals surface area contributed by atoms with Gasteiger partial charge in [0.1, 0.15) is 11.6 Å². The molecule has 0 radical (unpaired) electrons. The van der Waals surface area contributed by atoms with Crippen molar-refractivity contribution in [2.75, 3.05) is 5.43 Å². The number of anilines is 1. The number of halogens is 2. The predicted molar refractivity (Wildman–Crippen MR) is 77.6 cm³/mol. The highest BCUT2D eigenvalue weighted by Crippen LogP contribution is 2.29. The van der Waals surface area contributed by atoms with Gasteiger partial charge in [0.25, 0.3) is 0 Å². The molecule has 2 rings (SSSR count). The predicted octanol–water partition coefficient (Wildman–Crippen LogP) is 2.64. The third kappa shape index (κ3) is 4.23. The molecule has 1 aromatic carbocycles. The van der Waals surface area contributed by atoms with Crippen molar-refractivity contribution in [2.45, 2.75) is 20.0 Å². The van der Waals surface area contributed by atoms with Crippen molar-refractivity contribution >= 4 is 21.9 Å². The minimum Gasteiger partial charge on any atom is -0.461 e. The summed E-state index contributed by atoms with van der Waals surface area (Å²) in [5, 5.41) is 0. The summed E-state index contributed by atoms with van der Waals surface area (Å²) in [6.07, 6.45) is -0.133. The van der Waals surface area contributed by atoms with Crippen molar-refractivity contribution in [3.63, 3.8) is 0 Å². The fourth-order valence-electron chi connectivity index (χ4n) is 1.37. The van der Waals surface area contributed by atoms with Gasteiger partial charge in [-0.25, -0.2) is 10.2 Å². The summed E-state index contributed by atoms with van der Waals surface area (Å²) in [4.78, 5) is 11.8. The van der Waals surface area contributed by atoms with Gasteiger partial charge in [-0.3, -0.25) is 5.43 Å². The highest BCUT2D eigenvalue weighted by molar-refractivity contribution is 9.10. The van der Waals surface area contributed by atoms with Crippen LogP contribution in [0.4, 0.5) is 10.3 Å². The molecule has 0 aliphatic rings. The molecule has 0 fully saturated rings. The number of nitrogens with zero attached hydrogens (tertiary/aromatic N) is 3. The van der Waals surface area contributed by atoms with E-state index in [2.05, 4.69) is 36.3 Å². The van der Waals surface area contributed by atoms with Crippen LogP contribution in [0.25, 0.3) is 0 Å². The lowest BCUT2D eigenvalue weighted by Crippen LogP contribution is -2.15. The van der Waals surface area contributed by atoms with Gasteiger partial charge in [-0.2, -0.15) is 9.97 Å². The van der Waals surface area contributed by atoms with Crippen LogP contribution in [0.3, 0.4) is 0 Å². The zero-order valence-electron chi connectivity index (χ0n) is 11.3. The summed E-state index contributed by atoms with van der Waals surface area (Å²) in [6.45, 7) is 3.64. The molecule has 0 atom stereocenters. The normalized spacial score (nSPS) is 10.6. The van der Waals surface area contributed by atoms with E-state index in [0.717, 1.165) is 0 Å². The molecule has 1 aromatic heterocycles. The van der Waals surface area contributed by atoms with Crippen molar-refractivity contribution in [3.8, 4) is 17.8 Å². The maximum Gasteiger partial charge on any atom is 0.330 e. The number of hydrogen-bond donors (Lipinski definition) is 2. The molecule has 0 unspecified atom stereocenters. The number of ether oxygens (including phenoxy) is 2. The highest BCUT2D eigenvalue weighted by atomic mass is 79.9. The molecule has 21 heavy (non-hydrogen) atoms. The standard InChI is InChI=1S/C12H13BrFN5O2/c1-6(2)20-11-16-10(19-15)17-12(18-11)21-9-5-7(14)3-4-8(9)13/h3-6H,15H2,1-2H3,(H,16,17,18,19). The molecule has 0 aliphatic heterocycles. The second kappa shape index (κ2) is 6.64. The SMILES string of the molecule is CC(C)Oc1nc(NN)nc(Oc2cc(F)ccc2Br)n1. The van der Waals surface area contributed by atoms with Crippen molar-refractivity contribution in [2.24, 2.45) is 5.84 Å². The largest absolute Gasteiger partial charge is 0.461 e. The molecule has 0 amide bonds. The molecule has 2 aromatic rings. The smallest absolute Gasteiger partial charge is 0.330 e. The van der Waals surface area contributed by atoms with Crippen molar-refractivity contribution < 1.29 is 13.9 Å². The summed E-state index contributed by atoms with van der Waals surface area (Å²) in [5.74, 6) is 5.13. The van der Waals surface area contributed by atoms with E-state index in [1.807, 2.05) is 13.8 Å². The molecule has 3 N–H and O–H groups in total. The summed E-state index contributed by atoms with van der Waals surface area (Å²) < 4.78 is 24.6. The van der Waals surface area contributed by atoms with Crippen LogP contribution in [0.1, 0.15) is 13.8 Å². The van der Waals surface area contributed by atoms with Crippen LogP contribution in [0.2, 0.25) is 0 Å². The van der Waals surface area contributed by atoms with E-state index in [0.29, 0.717) is 4.47 Å². The molecular formula is C12H13BrFN5O2. The Morgan fingerprint density at radius 1 is 1.24 bits per heavy atom. The molecule has 0 saturated heterocycles. The van der Waals surface area contributed by atoms with E-state index in [1.165, 1.54) is 18.2 Å². The Morgan fingerprint density at radius 2 is 1.95 bits per heavy atom. The zero-order chi connectivity index (χ0) is 15.4. The average molecular weight is 358 g/mol. The monoisotopic (exact) mass is 357 g/mol. The van der Waals surface area contributed by atoms with E-state index in [4.69, 9.17) is 15.3 Å². The Hall–Kier alpha value is -2.00. The minimum absolute atomic E-state index is 0.0514. The van der Waals surface area contributed by atoms with Crippen molar-refractivity contribution in [1.29, 1.82) is 0 Å². The fourth-order valence-corrected chi connectivity index (χ4v) is 1.69. The third-order valence-corrected chi connectivity index (χ3v) is 2.81. The molecule has 9 heteroatoms. The molecule has 112 valence electrons. The lowest BCUT2D eigenvalue weighted by Gasteiger charge is -2.11. The van der Waals surface area contributed by atoms with Gasteiger partial charge in [-0.05, 0) is 41.9 Å². The summed E-state index contributed by atoms with van der Waals surface area (Å²) in [5.41, 5.74) is 2.28. The second-order valence-corrected chi connectivity index (χ2v) is 5.07. The minimum atomic E-state index is -0.446. The van der Waals surface area contributed by atoms with Crippen molar-refractivity contribution in [3.05, 3.63) is 28.5 Å². The summed E-state index contributed by atoms with van der Waals surface area (Å²) in [6, 6.07) is 3.99. The van der Waals surface area contributed by atoms with Gasteiger partial charge in [0, 0.05) is 6.07 Å². The van der Waals surface area contributed by atoms with E-state index in [9.17, 15) is 4.39 Å². The third-order valence-electron chi connectivity index (χ3n) is 2.16. The second-order valence-electron chi connectivity index (χ2n) is 4.21. The van der Waals surface area contributed by atoms with Crippen LogP contribution in [-0.2, 0) is 0 Å². The first-order valence-corrected chi connectivity index (χ1v) is 6.79. The number of hydrogen-bond acceptors (Lipinski definition) is 7. The maximum atomic E-state index is 13.2. The van der Waals surface area contributed by atoms with E-state index in [1.54, 1.807) is 0 Å². The number of nitrogen functional groups attached to an aromatic ring is 1. The topological polar surface area (TPSA) is 95.2 Å². The molecule has 1 heterocycles. The molecular weight excluding hydrogens is 345 g/mol. The van der Waals surface area contributed by atoms with E-state index >= 15 is 0 Å². The number of rotatable bonds is 5. The van der Waals surface area contributed by atoms with Crippen LogP contribution in [0.5, 0.6) is 17.8 Å². The fraction of sp³-hybridized carbons (Fsp3) is 0.250. The molecule has 7 nitrogen and oxygen atoms in total. The average Bonchev–Trinajstić information content (AvgIpc) is 2.42. The number of benzene rings is 1. The van der Waals surface area contributed by atoms with Crippen LogP contribution >= 0.6 is 15.9 Å². The Balaban J connectivity index is 2.32. The Bertz CT molecular complexity index is 641. The van der Waals surface area contributed by atoms with Gasteiger partial charge in [0.15, 0.2) is 0 Å². The van der Waals surface area contributed by atoms with Gasteiger partial charge in [0.05, 0.1) is 10.6 Å². The highest BCUT2D eigenvalue weighted by Gasteiger charge is 2.12. The first-order valence-electron chi connectivity index (χ1n) is 6.00. The quantitative estimate of drug-likeness (QED) is 0.627. The maximum absolute atomic E-state index is 13.2. The number of aromatic nitrogens is 3. The summed E-state index contributed by atoms with van der Waals surface area (Å²) in [7, 11) is 0. The van der Waals surface area contributed by atoms with Gasteiger partial charge in [0.2, 0.25) is 5.95 Å². The van der Waals surface area contributed by atoms with Crippen molar-refractivity contribution in [1.82, 2.24) is 15.0 Å². The first-order chi connectivity index (χ1) is 9.97. The van der Waals surface area contributed by atoms with E-state index in [-0.39, 0.29) is 29.8 Å². The Labute approximate surface area is 128 Å². The molecule has 0 saturated carbocycles. The number of hydrazine groups is 1. The van der Waals surface area contributed by atoms with Crippen LogP contribution < -0.4 is 20.7 Å². The Morgan fingerprint density at radius 3 is 2.62 bits per heavy atom.